The van der Waals surface area contributed by atoms with Gasteiger partial charge in [0.2, 0.25) is 5.91 Å². The summed E-state index contributed by atoms with van der Waals surface area (Å²) in [5.41, 5.74) is -0.406. The lowest BCUT2D eigenvalue weighted by Gasteiger charge is -2.49. The van der Waals surface area contributed by atoms with Crippen LogP contribution in [-0.2, 0) is 20.8 Å². The summed E-state index contributed by atoms with van der Waals surface area (Å²) in [6, 6.07) is 9.37. The number of β-lactam (4-membered cyclic amide) rings is 1. The third-order valence-electron chi connectivity index (χ3n) is 4.98. The van der Waals surface area contributed by atoms with Gasteiger partial charge >= 0.3 is 5.97 Å². The number of hydrogen-bond acceptors (Lipinski definition) is 4. The van der Waals surface area contributed by atoms with Gasteiger partial charge in [-0.15, -0.1) is 11.8 Å². The van der Waals surface area contributed by atoms with Crippen LogP contribution in [-0.4, -0.2) is 43.8 Å². The first-order chi connectivity index (χ1) is 10.8. The number of aliphatic carboxylic acids is 1. The molecule has 122 valence electrons. The van der Waals surface area contributed by atoms with E-state index < -0.39 is 22.2 Å². The van der Waals surface area contributed by atoms with E-state index in [-0.39, 0.29) is 24.1 Å². The maximum atomic E-state index is 12.5. The summed E-state index contributed by atoms with van der Waals surface area (Å²) >= 11 is 1.49. The number of rotatable bonds is 5. The zero-order chi connectivity index (χ0) is 16.8. The second kappa shape index (κ2) is 5.37. The monoisotopic (exact) mass is 333 g/mol. The Balaban J connectivity index is 2.03. The topological polar surface area (TPSA) is 74.7 Å². The van der Waals surface area contributed by atoms with Crippen molar-refractivity contribution < 1.29 is 19.5 Å². The lowest BCUT2D eigenvalue weighted by molar-refractivity contribution is -0.174. The largest absolute Gasteiger partial charge is 0.479 e. The van der Waals surface area contributed by atoms with Gasteiger partial charge in [0.15, 0.2) is 5.54 Å². The Bertz CT molecular complexity index is 660. The highest BCUT2D eigenvalue weighted by molar-refractivity contribution is 8.01. The quantitative estimate of drug-likeness (QED) is 0.658. The van der Waals surface area contributed by atoms with Crippen LogP contribution >= 0.6 is 11.8 Å². The molecule has 0 bridgehead atoms. The number of thioether (sulfide) groups is 1. The van der Waals surface area contributed by atoms with E-state index in [0.29, 0.717) is 0 Å². The first kappa shape index (κ1) is 16.1. The summed E-state index contributed by atoms with van der Waals surface area (Å²) < 4.78 is -0.646. The van der Waals surface area contributed by atoms with Gasteiger partial charge in [0.05, 0.1) is 11.3 Å². The fraction of sp³-hybridized carbons (Fsp3) is 0.471. The van der Waals surface area contributed by atoms with Gasteiger partial charge in [0.25, 0.3) is 0 Å². The molecule has 0 saturated carbocycles. The highest BCUT2D eigenvalue weighted by atomic mass is 32.2. The van der Waals surface area contributed by atoms with Gasteiger partial charge in [0.1, 0.15) is 6.29 Å². The number of benzene rings is 1. The molecule has 0 aliphatic carbocycles. The van der Waals surface area contributed by atoms with E-state index in [2.05, 4.69) is 0 Å². The molecule has 0 unspecified atom stereocenters. The molecule has 0 radical (unpaired) electrons. The predicted octanol–water partition coefficient (Wildman–Crippen LogP) is 1.95. The minimum absolute atomic E-state index is 0.157. The Kier molecular flexibility index (Phi) is 3.75. The standard InChI is InChI=1S/C17H19NO4S/c1-16(2)17(15(21)22,10-11-6-4-3-5-7-11)18-13(20)12(8-9-19)14(18)23-16/h3-7,9,12,14H,8,10H2,1-2H3,(H,21,22)/t12-,14-,17+/m1/s1. The van der Waals surface area contributed by atoms with Crippen molar-refractivity contribution >= 4 is 29.9 Å². The second-order valence-electron chi connectivity index (χ2n) is 6.56. The summed E-state index contributed by atoms with van der Waals surface area (Å²) in [5, 5.41) is 9.81. The van der Waals surface area contributed by atoms with E-state index in [1.807, 2.05) is 44.2 Å². The molecular formula is C17H19NO4S. The number of fused-ring (bicyclic) bond motifs is 1. The van der Waals surface area contributed by atoms with Crippen LogP contribution in [0.15, 0.2) is 30.3 Å². The Hall–Kier alpha value is -1.82. The molecule has 2 fully saturated rings. The lowest BCUT2D eigenvalue weighted by Crippen LogP contribution is -2.71. The number of carboxylic acid groups (broad SMARTS) is 1. The second-order valence-corrected chi connectivity index (χ2v) is 8.30. The minimum Gasteiger partial charge on any atom is -0.479 e. The summed E-state index contributed by atoms with van der Waals surface area (Å²) in [7, 11) is 0. The van der Waals surface area contributed by atoms with Gasteiger partial charge in [-0.3, -0.25) is 4.79 Å². The third-order valence-corrected chi connectivity index (χ3v) is 6.69. The summed E-state index contributed by atoms with van der Waals surface area (Å²) in [6.07, 6.45) is 1.16. The zero-order valence-electron chi connectivity index (χ0n) is 13.1. The van der Waals surface area contributed by atoms with Crippen molar-refractivity contribution in [2.75, 3.05) is 0 Å². The first-order valence-corrected chi connectivity index (χ1v) is 8.45. The number of carboxylic acids is 1. The Morgan fingerprint density at radius 1 is 1.35 bits per heavy atom. The molecule has 2 saturated heterocycles. The van der Waals surface area contributed by atoms with E-state index in [1.54, 1.807) is 0 Å². The van der Waals surface area contributed by atoms with E-state index in [9.17, 15) is 19.5 Å². The van der Waals surface area contributed by atoms with Gasteiger partial charge in [-0.25, -0.2) is 4.79 Å². The van der Waals surface area contributed by atoms with Crippen molar-refractivity contribution in [2.45, 2.75) is 42.3 Å². The molecule has 2 aliphatic heterocycles. The highest BCUT2D eigenvalue weighted by Gasteiger charge is 2.72. The molecule has 3 rings (SSSR count). The normalized spacial score (nSPS) is 31.4. The van der Waals surface area contributed by atoms with Crippen LogP contribution in [0.4, 0.5) is 0 Å². The maximum Gasteiger partial charge on any atom is 0.331 e. The lowest BCUT2D eigenvalue weighted by atomic mass is 9.75. The van der Waals surface area contributed by atoms with Crippen molar-refractivity contribution in [1.29, 1.82) is 0 Å². The number of nitrogens with zero attached hydrogens (tertiary/aromatic N) is 1. The van der Waals surface area contributed by atoms with Crippen LogP contribution < -0.4 is 0 Å². The molecule has 2 aliphatic rings. The van der Waals surface area contributed by atoms with Crippen molar-refractivity contribution in [3.8, 4) is 0 Å². The maximum absolute atomic E-state index is 12.5. The van der Waals surface area contributed by atoms with Gasteiger partial charge in [0, 0.05) is 17.6 Å². The molecule has 5 nitrogen and oxygen atoms in total. The predicted molar refractivity (Wildman–Crippen MR) is 87.0 cm³/mol. The van der Waals surface area contributed by atoms with Crippen LogP contribution in [0.3, 0.4) is 0 Å². The number of carbonyl (C=O) groups is 3. The fourth-order valence-corrected chi connectivity index (χ4v) is 5.54. The average molecular weight is 333 g/mol. The molecule has 3 atom stereocenters. The van der Waals surface area contributed by atoms with Gasteiger partial charge in [-0.2, -0.15) is 0 Å². The van der Waals surface area contributed by atoms with E-state index in [0.717, 1.165) is 11.8 Å². The van der Waals surface area contributed by atoms with E-state index in [1.165, 1.54) is 16.7 Å². The molecule has 0 aromatic heterocycles. The number of hydrogen-bond donors (Lipinski definition) is 1. The average Bonchev–Trinajstić information content (AvgIpc) is 2.72. The Labute approximate surface area is 139 Å². The van der Waals surface area contributed by atoms with Crippen LogP contribution in [0.1, 0.15) is 25.8 Å². The third kappa shape index (κ3) is 2.11. The molecular weight excluding hydrogens is 314 g/mol. The number of carbonyl (C=O) groups excluding carboxylic acids is 2. The van der Waals surface area contributed by atoms with E-state index in [4.69, 9.17) is 0 Å². The molecule has 1 amide bonds. The molecule has 2 heterocycles. The Morgan fingerprint density at radius 3 is 2.57 bits per heavy atom. The molecule has 6 heteroatoms. The summed E-state index contributed by atoms with van der Waals surface area (Å²) in [4.78, 5) is 37.1. The van der Waals surface area contributed by atoms with Crippen LogP contribution in [0.2, 0.25) is 0 Å². The smallest absolute Gasteiger partial charge is 0.331 e. The molecule has 1 aromatic carbocycles. The Morgan fingerprint density at radius 2 is 2.00 bits per heavy atom. The van der Waals surface area contributed by atoms with Crippen molar-refractivity contribution in [3.05, 3.63) is 35.9 Å². The van der Waals surface area contributed by atoms with Gasteiger partial charge < -0.3 is 14.8 Å². The first-order valence-electron chi connectivity index (χ1n) is 7.57. The summed E-state index contributed by atoms with van der Waals surface area (Å²) in [6.45, 7) is 3.75. The molecule has 1 aromatic rings. The van der Waals surface area contributed by atoms with Gasteiger partial charge in [-0.1, -0.05) is 30.3 Å². The molecule has 1 N–H and O–H groups in total. The van der Waals surface area contributed by atoms with Crippen molar-refractivity contribution in [1.82, 2.24) is 4.90 Å². The van der Waals surface area contributed by atoms with Crippen LogP contribution in [0.25, 0.3) is 0 Å². The SMILES string of the molecule is CC1(C)S[C@@H]2[C@H](CC=O)C(=O)N2[C@@]1(Cc1ccccc1)C(=O)O. The van der Waals surface area contributed by atoms with E-state index >= 15 is 0 Å². The zero-order valence-corrected chi connectivity index (χ0v) is 13.9. The fourth-order valence-electron chi connectivity index (χ4n) is 3.70. The van der Waals surface area contributed by atoms with Crippen LogP contribution in [0.5, 0.6) is 0 Å². The van der Waals surface area contributed by atoms with Crippen molar-refractivity contribution in [3.63, 3.8) is 0 Å². The van der Waals surface area contributed by atoms with Crippen LogP contribution in [0, 0.1) is 5.92 Å². The minimum atomic E-state index is -1.29. The van der Waals surface area contributed by atoms with Crippen molar-refractivity contribution in [2.24, 2.45) is 5.92 Å². The number of aldehydes is 1. The molecule has 23 heavy (non-hydrogen) atoms. The van der Waals surface area contributed by atoms with Gasteiger partial charge in [-0.05, 0) is 19.4 Å². The summed E-state index contributed by atoms with van der Waals surface area (Å²) in [5.74, 6) is -1.61. The molecule has 0 spiro atoms. The number of amides is 1. The highest BCUT2D eigenvalue weighted by Crippen LogP contribution is 2.60.